The zero-order valence-corrected chi connectivity index (χ0v) is 27.1. The van der Waals surface area contributed by atoms with Crippen molar-refractivity contribution < 1.29 is 28.7 Å². The molecule has 10 heteroatoms. The summed E-state index contributed by atoms with van der Waals surface area (Å²) in [5.41, 5.74) is 2.34. The lowest BCUT2D eigenvalue weighted by Crippen LogP contribution is -2.55. The van der Waals surface area contributed by atoms with Crippen LogP contribution in [0.5, 0.6) is 11.5 Å². The van der Waals surface area contributed by atoms with Crippen molar-refractivity contribution >= 4 is 23.6 Å². The molecule has 0 aliphatic carbocycles. The number of ether oxygens (including phenoxy) is 2. The summed E-state index contributed by atoms with van der Waals surface area (Å²) in [5, 5.41) is 8.35. The van der Waals surface area contributed by atoms with E-state index >= 15 is 0 Å². The number of hydrogen-bond donors (Lipinski definition) is 3. The normalized spacial score (nSPS) is 19.9. The number of fused-ring (bicyclic) bond motifs is 1. The van der Waals surface area contributed by atoms with Gasteiger partial charge in [-0.25, -0.2) is 0 Å². The van der Waals surface area contributed by atoms with Crippen LogP contribution in [0.1, 0.15) is 68.4 Å². The summed E-state index contributed by atoms with van der Waals surface area (Å²) in [6, 6.07) is 10.3. The van der Waals surface area contributed by atoms with Crippen molar-refractivity contribution in [3.63, 3.8) is 0 Å². The third-order valence-corrected chi connectivity index (χ3v) is 7.77. The maximum atomic E-state index is 13.7. The van der Waals surface area contributed by atoms with E-state index in [-0.39, 0.29) is 55.5 Å². The summed E-state index contributed by atoms with van der Waals surface area (Å²) in [4.78, 5) is 55.5. The molecule has 0 aromatic heterocycles. The van der Waals surface area contributed by atoms with Gasteiger partial charge >= 0.3 is 0 Å². The first-order chi connectivity index (χ1) is 20.9. The van der Waals surface area contributed by atoms with E-state index in [0.29, 0.717) is 18.6 Å². The van der Waals surface area contributed by atoms with Crippen molar-refractivity contribution in [1.29, 1.82) is 0 Å². The van der Waals surface area contributed by atoms with Crippen LogP contribution < -0.4 is 25.4 Å². The van der Waals surface area contributed by atoms with E-state index in [1.165, 1.54) is 0 Å². The number of para-hydroxylation sites is 1. The van der Waals surface area contributed by atoms with Crippen molar-refractivity contribution in [3.05, 3.63) is 59.2 Å². The topological polar surface area (TPSA) is 126 Å². The Kier molecular flexibility index (Phi) is 12.6. The Balaban J connectivity index is 1.85. The van der Waals surface area contributed by atoms with Gasteiger partial charge in [0, 0.05) is 7.05 Å². The van der Waals surface area contributed by atoms with Gasteiger partial charge in [0.15, 0.2) is 0 Å². The van der Waals surface area contributed by atoms with Gasteiger partial charge in [0.1, 0.15) is 36.8 Å². The van der Waals surface area contributed by atoms with Crippen LogP contribution in [0.2, 0.25) is 0 Å². The first-order valence-corrected chi connectivity index (χ1v) is 15.4. The minimum atomic E-state index is -1.19. The van der Waals surface area contributed by atoms with E-state index in [4.69, 9.17) is 9.47 Å². The molecule has 1 aliphatic heterocycles. The van der Waals surface area contributed by atoms with Gasteiger partial charge in [-0.3, -0.25) is 19.2 Å². The number of carbonyl (C=O) groups excluding carboxylic acids is 4. The van der Waals surface area contributed by atoms with Gasteiger partial charge in [0.25, 0.3) is 5.91 Å². The van der Waals surface area contributed by atoms with Crippen molar-refractivity contribution in [3.8, 4) is 11.5 Å². The molecule has 4 amide bonds. The van der Waals surface area contributed by atoms with Crippen LogP contribution in [0.3, 0.4) is 0 Å². The summed E-state index contributed by atoms with van der Waals surface area (Å²) in [5.74, 6) is -0.347. The summed E-state index contributed by atoms with van der Waals surface area (Å²) in [7, 11) is 1.72. The number of nitrogens with zero attached hydrogens (tertiary/aromatic N) is 1. The number of nitrogens with one attached hydrogen (secondary N) is 3. The number of carbonyl (C=O) groups is 4. The molecule has 0 saturated carbocycles. The number of hydrogen-bond acceptors (Lipinski definition) is 6. The predicted molar refractivity (Wildman–Crippen MR) is 170 cm³/mol. The Morgan fingerprint density at radius 3 is 2.41 bits per heavy atom. The van der Waals surface area contributed by atoms with Crippen molar-refractivity contribution in [2.75, 3.05) is 26.8 Å². The molecule has 3 atom stereocenters. The molecule has 0 radical (unpaired) electrons. The maximum Gasteiger partial charge on any atom is 0.255 e. The van der Waals surface area contributed by atoms with E-state index in [1.807, 2.05) is 45.9 Å². The van der Waals surface area contributed by atoms with Gasteiger partial charge in [-0.1, -0.05) is 52.0 Å². The van der Waals surface area contributed by atoms with Crippen LogP contribution in [0.15, 0.2) is 42.5 Å². The fraction of sp³-hybridized carbons (Fsp3) is 0.529. The number of rotatable bonds is 9. The average molecular weight is 609 g/mol. The molecule has 3 rings (SSSR count). The Hall–Kier alpha value is -4.08. The van der Waals surface area contributed by atoms with Gasteiger partial charge in [-0.2, -0.15) is 0 Å². The van der Waals surface area contributed by atoms with Gasteiger partial charge in [-0.05, 0) is 67.9 Å². The van der Waals surface area contributed by atoms with Crippen LogP contribution in [0, 0.1) is 25.7 Å². The highest BCUT2D eigenvalue weighted by molar-refractivity contribution is 6.01. The van der Waals surface area contributed by atoms with E-state index in [0.717, 1.165) is 16.9 Å². The average Bonchev–Trinajstić information content (AvgIpc) is 2.97. The molecule has 1 heterocycles. The smallest absolute Gasteiger partial charge is 0.255 e. The quantitative estimate of drug-likeness (QED) is 0.372. The molecule has 0 unspecified atom stereocenters. The molecular weight excluding hydrogens is 560 g/mol. The van der Waals surface area contributed by atoms with Gasteiger partial charge in [0.05, 0.1) is 24.6 Å². The molecule has 0 saturated heterocycles. The summed E-state index contributed by atoms with van der Waals surface area (Å²) >= 11 is 0. The number of aryl methyl sites for hydroxylation is 1. The lowest BCUT2D eigenvalue weighted by molar-refractivity contribution is -0.138. The summed E-state index contributed by atoms with van der Waals surface area (Å²) in [6.07, 6.45) is 0.750. The van der Waals surface area contributed by atoms with Crippen LogP contribution in [-0.2, 0) is 14.4 Å². The highest BCUT2D eigenvalue weighted by atomic mass is 16.5. The fourth-order valence-electron chi connectivity index (χ4n) is 5.19. The van der Waals surface area contributed by atoms with E-state index in [1.54, 1.807) is 36.2 Å². The second-order valence-electron chi connectivity index (χ2n) is 12.4. The van der Waals surface area contributed by atoms with Crippen molar-refractivity contribution in [2.24, 2.45) is 11.8 Å². The molecule has 10 nitrogen and oxygen atoms in total. The molecule has 240 valence electrons. The van der Waals surface area contributed by atoms with Gasteiger partial charge in [0.2, 0.25) is 17.7 Å². The fourth-order valence-corrected chi connectivity index (χ4v) is 5.19. The zero-order valence-electron chi connectivity index (χ0n) is 27.1. The van der Waals surface area contributed by atoms with Crippen molar-refractivity contribution in [1.82, 2.24) is 20.9 Å². The van der Waals surface area contributed by atoms with Crippen LogP contribution >= 0.6 is 0 Å². The molecular formula is C34H48N4O6. The Morgan fingerprint density at radius 2 is 1.70 bits per heavy atom. The maximum absolute atomic E-state index is 13.7. The van der Waals surface area contributed by atoms with Crippen molar-refractivity contribution in [2.45, 2.75) is 78.9 Å². The lowest BCUT2D eigenvalue weighted by atomic mass is 9.99. The van der Waals surface area contributed by atoms with Gasteiger partial charge in [-0.15, -0.1) is 0 Å². The number of amides is 4. The third kappa shape index (κ3) is 9.72. The zero-order chi connectivity index (χ0) is 32.4. The third-order valence-electron chi connectivity index (χ3n) is 7.77. The van der Waals surface area contributed by atoms with Gasteiger partial charge < -0.3 is 30.3 Å². The highest BCUT2D eigenvalue weighted by Gasteiger charge is 2.33. The lowest BCUT2D eigenvalue weighted by Gasteiger charge is -2.33. The Morgan fingerprint density at radius 1 is 1.00 bits per heavy atom. The largest absolute Gasteiger partial charge is 0.491 e. The molecule has 0 bridgehead atoms. The first-order valence-electron chi connectivity index (χ1n) is 15.4. The van der Waals surface area contributed by atoms with E-state index in [2.05, 4.69) is 29.8 Å². The molecule has 2 aromatic rings. The molecule has 44 heavy (non-hydrogen) atoms. The second kappa shape index (κ2) is 16.1. The Bertz CT molecular complexity index is 1310. The van der Waals surface area contributed by atoms with Crippen LogP contribution in [-0.4, -0.2) is 73.5 Å². The number of benzene rings is 2. The summed E-state index contributed by atoms with van der Waals surface area (Å²) in [6.45, 7) is 12.6. The van der Waals surface area contributed by atoms with Crippen LogP contribution in [0.4, 0.5) is 0 Å². The van der Waals surface area contributed by atoms with E-state index in [9.17, 15) is 19.2 Å². The molecule has 0 spiro atoms. The summed E-state index contributed by atoms with van der Waals surface area (Å²) < 4.78 is 12.0. The standard InChI is InChI=1S/C34H48N4O6/c1-21(2)17-25-20-44-30-13-9-8-12-26(30)32(40)37-27(19-31(39)36-28(18-22(3)4)34(42)38(25)7)33(41)35-15-16-43-29-14-10-11-23(5)24(29)6/h8-14,21-22,25,27-28H,15-20H2,1-7H3,(H,35,41)(H,36,39)(H,37,40)/t25-,27+,28-/m1/s1. The SMILES string of the molecule is Cc1cccc(OCCNC(=O)[C@@H]2CC(=O)N[C@H](CC(C)C)C(=O)N(C)[C@H](CC(C)C)COc3ccccc3C(=O)N2)c1C. The minimum absolute atomic E-state index is 0.124. The first kappa shape index (κ1) is 34.4. The molecule has 3 N–H and O–H groups in total. The van der Waals surface area contributed by atoms with E-state index < -0.39 is 29.8 Å². The molecule has 1 aliphatic rings. The number of likely N-dealkylation sites (N-methyl/N-ethyl adjacent to an activating group) is 1. The predicted octanol–water partition coefficient (Wildman–Crippen LogP) is 3.78. The van der Waals surface area contributed by atoms with Crippen LogP contribution in [0.25, 0.3) is 0 Å². The second-order valence-corrected chi connectivity index (χ2v) is 12.4. The Labute approximate surface area is 261 Å². The minimum Gasteiger partial charge on any atom is -0.491 e. The highest BCUT2D eigenvalue weighted by Crippen LogP contribution is 2.22. The molecule has 0 fully saturated rings. The molecule has 2 aromatic carbocycles. The monoisotopic (exact) mass is 608 g/mol.